The van der Waals surface area contributed by atoms with E-state index in [1.54, 1.807) is 0 Å². The standard InChI is InChI=1S/C18H23NO2/c1-2-15-5-3-6-18(13-15)21-12-4-11-20-17-9-7-16(14-19)8-10-17/h3,5-10,13H,2,4,11-12,14,19H2,1H3. The van der Waals surface area contributed by atoms with Crippen LogP contribution in [0.25, 0.3) is 0 Å². The van der Waals surface area contributed by atoms with Crippen LogP contribution >= 0.6 is 0 Å². The molecule has 0 aliphatic rings. The molecule has 3 heteroatoms. The highest BCUT2D eigenvalue weighted by Gasteiger charge is 1.97. The first-order valence-electron chi connectivity index (χ1n) is 7.45. The van der Waals surface area contributed by atoms with Gasteiger partial charge >= 0.3 is 0 Å². The molecule has 0 aliphatic carbocycles. The number of hydrogen-bond acceptors (Lipinski definition) is 3. The van der Waals surface area contributed by atoms with Crippen LogP contribution in [-0.2, 0) is 13.0 Å². The van der Waals surface area contributed by atoms with E-state index in [0.29, 0.717) is 19.8 Å². The molecule has 21 heavy (non-hydrogen) atoms. The molecule has 0 bridgehead atoms. The van der Waals surface area contributed by atoms with Gasteiger partial charge in [-0.3, -0.25) is 0 Å². The Morgan fingerprint density at radius 1 is 0.857 bits per heavy atom. The van der Waals surface area contributed by atoms with E-state index in [4.69, 9.17) is 15.2 Å². The molecule has 0 fully saturated rings. The Balaban J connectivity index is 1.67. The first-order valence-corrected chi connectivity index (χ1v) is 7.45. The highest BCUT2D eigenvalue weighted by molar-refractivity contribution is 5.28. The second kappa shape index (κ2) is 8.32. The number of ether oxygens (including phenoxy) is 2. The molecule has 0 saturated heterocycles. The van der Waals surface area contributed by atoms with Gasteiger partial charge in [0, 0.05) is 13.0 Å². The molecular formula is C18H23NO2. The van der Waals surface area contributed by atoms with Crippen LogP contribution in [0.15, 0.2) is 48.5 Å². The largest absolute Gasteiger partial charge is 0.493 e. The van der Waals surface area contributed by atoms with Crippen molar-refractivity contribution in [2.45, 2.75) is 26.3 Å². The normalized spacial score (nSPS) is 10.4. The molecule has 0 radical (unpaired) electrons. The van der Waals surface area contributed by atoms with Crippen LogP contribution in [0.3, 0.4) is 0 Å². The van der Waals surface area contributed by atoms with Crippen molar-refractivity contribution in [3.63, 3.8) is 0 Å². The third-order valence-electron chi connectivity index (χ3n) is 3.29. The summed E-state index contributed by atoms with van der Waals surface area (Å²) in [5.74, 6) is 1.81. The number of benzene rings is 2. The van der Waals surface area contributed by atoms with Crippen molar-refractivity contribution in [3.05, 3.63) is 59.7 Å². The molecule has 2 aromatic rings. The first kappa shape index (κ1) is 15.4. The van der Waals surface area contributed by atoms with E-state index in [-0.39, 0.29) is 0 Å². The van der Waals surface area contributed by atoms with Gasteiger partial charge in [-0.25, -0.2) is 0 Å². The zero-order chi connectivity index (χ0) is 14.9. The zero-order valence-corrected chi connectivity index (χ0v) is 12.5. The maximum Gasteiger partial charge on any atom is 0.119 e. The van der Waals surface area contributed by atoms with Crippen molar-refractivity contribution < 1.29 is 9.47 Å². The third kappa shape index (κ3) is 5.12. The smallest absolute Gasteiger partial charge is 0.119 e. The van der Waals surface area contributed by atoms with Crippen molar-refractivity contribution in [1.82, 2.24) is 0 Å². The molecule has 2 rings (SSSR count). The van der Waals surface area contributed by atoms with Gasteiger partial charge in [0.05, 0.1) is 13.2 Å². The molecule has 112 valence electrons. The second-order valence-corrected chi connectivity index (χ2v) is 4.90. The molecule has 0 aromatic heterocycles. The summed E-state index contributed by atoms with van der Waals surface area (Å²) in [7, 11) is 0. The van der Waals surface area contributed by atoms with Crippen molar-refractivity contribution in [2.75, 3.05) is 13.2 Å². The van der Waals surface area contributed by atoms with Crippen molar-refractivity contribution in [2.24, 2.45) is 5.73 Å². The lowest BCUT2D eigenvalue weighted by Crippen LogP contribution is -2.05. The quantitative estimate of drug-likeness (QED) is 0.754. The summed E-state index contributed by atoms with van der Waals surface area (Å²) in [5, 5.41) is 0. The fourth-order valence-corrected chi connectivity index (χ4v) is 2.02. The second-order valence-electron chi connectivity index (χ2n) is 4.90. The maximum atomic E-state index is 5.73. The lowest BCUT2D eigenvalue weighted by Gasteiger charge is -2.09. The number of nitrogens with two attached hydrogens (primary N) is 1. The van der Waals surface area contributed by atoms with E-state index in [9.17, 15) is 0 Å². The molecule has 0 heterocycles. The van der Waals surface area contributed by atoms with E-state index in [1.807, 2.05) is 36.4 Å². The SMILES string of the molecule is CCc1cccc(OCCCOc2ccc(CN)cc2)c1. The number of rotatable bonds is 8. The van der Waals surface area contributed by atoms with Crippen LogP contribution in [0, 0.1) is 0 Å². The van der Waals surface area contributed by atoms with Gasteiger partial charge < -0.3 is 15.2 Å². The van der Waals surface area contributed by atoms with Crippen LogP contribution in [0.2, 0.25) is 0 Å². The van der Waals surface area contributed by atoms with Gasteiger partial charge in [-0.05, 0) is 41.8 Å². The fraction of sp³-hybridized carbons (Fsp3) is 0.333. The van der Waals surface area contributed by atoms with Gasteiger partial charge in [-0.1, -0.05) is 31.2 Å². The third-order valence-corrected chi connectivity index (χ3v) is 3.29. The molecule has 0 aliphatic heterocycles. The Bertz CT molecular complexity index is 537. The Labute approximate surface area is 126 Å². The summed E-state index contributed by atoms with van der Waals surface area (Å²) in [5.41, 5.74) is 7.97. The molecule has 2 N–H and O–H groups in total. The molecular weight excluding hydrogens is 262 g/mol. The predicted octanol–water partition coefficient (Wildman–Crippen LogP) is 3.56. The van der Waals surface area contributed by atoms with E-state index >= 15 is 0 Å². The minimum absolute atomic E-state index is 0.560. The van der Waals surface area contributed by atoms with Crippen molar-refractivity contribution >= 4 is 0 Å². The molecule has 0 amide bonds. The van der Waals surface area contributed by atoms with Gasteiger partial charge in [0.2, 0.25) is 0 Å². The van der Waals surface area contributed by atoms with Crippen LogP contribution in [0.1, 0.15) is 24.5 Å². The molecule has 0 unspecified atom stereocenters. The number of aryl methyl sites for hydroxylation is 1. The Morgan fingerprint density at radius 2 is 1.57 bits per heavy atom. The van der Waals surface area contributed by atoms with Gasteiger partial charge in [0.25, 0.3) is 0 Å². The lowest BCUT2D eigenvalue weighted by molar-refractivity contribution is 0.247. The van der Waals surface area contributed by atoms with Crippen molar-refractivity contribution in [1.29, 1.82) is 0 Å². The minimum atomic E-state index is 0.560. The molecule has 0 saturated carbocycles. The Hall–Kier alpha value is -2.00. The van der Waals surface area contributed by atoms with E-state index < -0.39 is 0 Å². The summed E-state index contributed by atoms with van der Waals surface area (Å²) in [6.45, 7) is 4.01. The summed E-state index contributed by atoms with van der Waals surface area (Å²) in [6.07, 6.45) is 1.88. The van der Waals surface area contributed by atoms with Gasteiger partial charge in [-0.15, -0.1) is 0 Å². The minimum Gasteiger partial charge on any atom is -0.493 e. The van der Waals surface area contributed by atoms with Gasteiger partial charge in [0.15, 0.2) is 0 Å². The topological polar surface area (TPSA) is 44.5 Å². The molecule has 3 nitrogen and oxygen atoms in total. The van der Waals surface area contributed by atoms with Crippen molar-refractivity contribution in [3.8, 4) is 11.5 Å². The van der Waals surface area contributed by atoms with E-state index in [0.717, 1.165) is 29.9 Å². The molecule has 0 spiro atoms. The molecule has 2 aromatic carbocycles. The lowest BCUT2D eigenvalue weighted by atomic mass is 10.2. The summed E-state index contributed by atoms with van der Waals surface area (Å²) in [6, 6.07) is 16.1. The van der Waals surface area contributed by atoms with E-state index in [1.165, 1.54) is 5.56 Å². The number of hydrogen-bond donors (Lipinski definition) is 1. The first-order chi connectivity index (χ1) is 10.3. The highest BCUT2D eigenvalue weighted by atomic mass is 16.5. The van der Waals surface area contributed by atoms with Crippen LogP contribution in [0.4, 0.5) is 0 Å². The summed E-state index contributed by atoms with van der Waals surface area (Å²) < 4.78 is 11.4. The van der Waals surface area contributed by atoms with Gasteiger partial charge in [-0.2, -0.15) is 0 Å². The summed E-state index contributed by atoms with van der Waals surface area (Å²) in [4.78, 5) is 0. The average Bonchev–Trinajstić information content (AvgIpc) is 2.55. The van der Waals surface area contributed by atoms with Crippen LogP contribution in [0.5, 0.6) is 11.5 Å². The highest BCUT2D eigenvalue weighted by Crippen LogP contribution is 2.14. The van der Waals surface area contributed by atoms with E-state index in [2.05, 4.69) is 19.1 Å². The zero-order valence-electron chi connectivity index (χ0n) is 12.5. The monoisotopic (exact) mass is 285 g/mol. The Morgan fingerprint density at radius 3 is 2.24 bits per heavy atom. The van der Waals surface area contributed by atoms with Gasteiger partial charge in [0.1, 0.15) is 11.5 Å². The molecule has 0 atom stereocenters. The predicted molar refractivity (Wildman–Crippen MR) is 85.8 cm³/mol. The van der Waals surface area contributed by atoms with Crippen LogP contribution in [-0.4, -0.2) is 13.2 Å². The maximum absolute atomic E-state index is 5.73. The van der Waals surface area contributed by atoms with Crippen LogP contribution < -0.4 is 15.2 Å². The Kier molecular flexibility index (Phi) is 6.10. The average molecular weight is 285 g/mol. The summed E-state index contributed by atoms with van der Waals surface area (Å²) >= 11 is 0. The fourth-order valence-electron chi connectivity index (χ4n) is 2.02.